The zero-order chi connectivity index (χ0) is 31.3. The molecule has 1 aliphatic heterocycles. The largest absolute Gasteiger partial charge is 0.489 e. The Morgan fingerprint density at radius 2 is 1.93 bits per heavy atom. The molecule has 7 nitrogen and oxygen atoms in total. The molecule has 0 spiro atoms. The van der Waals surface area contributed by atoms with Gasteiger partial charge in [-0.2, -0.15) is 0 Å². The van der Waals surface area contributed by atoms with Crippen molar-refractivity contribution >= 4 is 27.8 Å². The molecule has 228 valence electrons. The van der Waals surface area contributed by atoms with Gasteiger partial charge in [0.15, 0.2) is 0 Å². The predicted molar refractivity (Wildman–Crippen MR) is 170 cm³/mol. The minimum atomic E-state index is -1.10. The quantitative estimate of drug-likeness (QED) is 0.213. The van der Waals surface area contributed by atoms with Crippen LogP contribution in [0.2, 0.25) is 0 Å². The van der Waals surface area contributed by atoms with Crippen LogP contribution in [0.1, 0.15) is 66.5 Å². The normalized spacial score (nSPS) is 16.5. The van der Waals surface area contributed by atoms with Gasteiger partial charge in [0, 0.05) is 43.5 Å². The van der Waals surface area contributed by atoms with Crippen LogP contribution in [-0.2, 0) is 24.9 Å². The molecule has 8 heteroatoms. The van der Waals surface area contributed by atoms with E-state index in [1.807, 2.05) is 44.3 Å². The number of rotatable bonds is 7. The molecule has 2 atom stereocenters. The van der Waals surface area contributed by atoms with Gasteiger partial charge in [0.1, 0.15) is 23.2 Å². The molecule has 6 rings (SSSR count). The van der Waals surface area contributed by atoms with Crippen molar-refractivity contribution in [2.24, 2.45) is 12.5 Å². The van der Waals surface area contributed by atoms with E-state index in [1.54, 1.807) is 24.6 Å². The van der Waals surface area contributed by atoms with Gasteiger partial charge < -0.3 is 9.84 Å². The van der Waals surface area contributed by atoms with E-state index in [2.05, 4.69) is 47.3 Å². The Hall–Kier alpha value is -4.30. The third kappa shape index (κ3) is 5.21. The molecule has 0 saturated carbocycles. The van der Waals surface area contributed by atoms with Crippen molar-refractivity contribution in [1.29, 1.82) is 0 Å². The second-order valence-electron chi connectivity index (χ2n) is 12.7. The van der Waals surface area contributed by atoms with Crippen molar-refractivity contribution in [3.63, 3.8) is 0 Å². The fraction of sp³-hybridized carbons (Fsp3) is 0.361. The number of aromatic nitrogens is 3. The fourth-order valence-electron chi connectivity index (χ4n) is 6.64. The Kier molecular flexibility index (Phi) is 7.66. The summed E-state index contributed by atoms with van der Waals surface area (Å²) in [6, 6.07) is 19.3. The molecule has 0 fully saturated rings. The molecule has 1 aliphatic rings. The van der Waals surface area contributed by atoms with E-state index in [1.165, 1.54) is 6.07 Å². The van der Waals surface area contributed by atoms with Crippen LogP contribution in [0.4, 0.5) is 4.39 Å². The van der Waals surface area contributed by atoms with E-state index < -0.39 is 17.3 Å². The molecular weight excluding hydrogens is 555 g/mol. The summed E-state index contributed by atoms with van der Waals surface area (Å²) >= 11 is 0. The van der Waals surface area contributed by atoms with Crippen LogP contribution in [0.5, 0.6) is 5.75 Å². The van der Waals surface area contributed by atoms with E-state index in [0.29, 0.717) is 18.5 Å². The zero-order valence-corrected chi connectivity index (χ0v) is 26.2. The second-order valence-corrected chi connectivity index (χ2v) is 12.7. The minimum absolute atomic E-state index is 0.00852. The Morgan fingerprint density at radius 3 is 2.68 bits per heavy atom. The summed E-state index contributed by atoms with van der Waals surface area (Å²) in [7, 11) is 1.85. The summed E-state index contributed by atoms with van der Waals surface area (Å²) in [4.78, 5) is 15.1. The molecule has 0 saturated heterocycles. The number of carboxylic acids is 1. The van der Waals surface area contributed by atoms with E-state index >= 15 is 0 Å². The number of hydrogen-bond acceptors (Lipinski definition) is 5. The average molecular weight is 595 g/mol. The van der Waals surface area contributed by atoms with Crippen LogP contribution in [-0.4, -0.2) is 43.6 Å². The molecule has 1 aromatic heterocycles. The maximum Gasteiger partial charge on any atom is 0.310 e. The average Bonchev–Trinajstić information content (AvgIpc) is 3.27. The van der Waals surface area contributed by atoms with Crippen LogP contribution in [0.15, 0.2) is 60.7 Å². The summed E-state index contributed by atoms with van der Waals surface area (Å²) < 4.78 is 22.9. The molecule has 1 N–H and O–H groups in total. The van der Waals surface area contributed by atoms with Gasteiger partial charge in [-0.15, -0.1) is 5.10 Å². The first-order valence-corrected chi connectivity index (χ1v) is 15.2. The summed E-state index contributed by atoms with van der Waals surface area (Å²) in [6.45, 7) is 11.8. The first-order valence-electron chi connectivity index (χ1n) is 15.2. The van der Waals surface area contributed by atoms with Crippen molar-refractivity contribution in [2.45, 2.75) is 66.2 Å². The van der Waals surface area contributed by atoms with Gasteiger partial charge in [-0.3, -0.25) is 9.69 Å². The Bertz CT molecular complexity index is 1900. The summed E-state index contributed by atoms with van der Waals surface area (Å²) in [6.07, 6.45) is 0.834. The van der Waals surface area contributed by atoms with E-state index in [0.717, 1.165) is 68.5 Å². The lowest BCUT2D eigenvalue weighted by atomic mass is 9.69. The van der Waals surface area contributed by atoms with Gasteiger partial charge in [0.25, 0.3) is 0 Å². The van der Waals surface area contributed by atoms with Crippen molar-refractivity contribution in [2.75, 3.05) is 6.54 Å². The number of fused-ring (bicyclic) bond motifs is 3. The van der Waals surface area contributed by atoms with Crippen LogP contribution < -0.4 is 4.74 Å². The molecule has 5 aromatic rings. The lowest BCUT2D eigenvalue weighted by Gasteiger charge is -2.33. The highest BCUT2D eigenvalue weighted by molar-refractivity contribution is 5.86. The number of halogens is 1. The number of ether oxygens (including phenoxy) is 1. The van der Waals surface area contributed by atoms with Gasteiger partial charge in [-0.1, -0.05) is 48.5 Å². The fourth-order valence-corrected chi connectivity index (χ4v) is 6.64. The van der Waals surface area contributed by atoms with Crippen LogP contribution in [0.3, 0.4) is 0 Å². The van der Waals surface area contributed by atoms with Crippen molar-refractivity contribution < 1.29 is 19.0 Å². The maximum atomic E-state index is 14.7. The van der Waals surface area contributed by atoms with Crippen molar-refractivity contribution in [3.8, 4) is 5.75 Å². The number of nitrogens with zero attached hydrogens (tertiary/aromatic N) is 4. The first-order chi connectivity index (χ1) is 21.0. The van der Waals surface area contributed by atoms with Gasteiger partial charge in [0.2, 0.25) is 0 Å². The highest BCUT2D eigenvalue weighted by Crippen LogP contribution is 2.44. The summed E-state index contributed by atoms with van der Waals surface area (Å²) in [5.41, 5.74) is 6.61. The molecule has 1 unspecified atom stereocenters. The molecule has 0 amide bonds. The number of carbonyl (C=O) groups is 1. The molecule has 0 aliphatic carbocycles. The smallest absolute Gasteiger partial charge is 0.310 e. The Balaban J connectivity index is 1.40. The standard InChI is InChI=1S/C36H39FN4O3/c1-7-27-20-41(19-26-16-29-23(17-32(26)44-27)9-8-10-30(29)37)18-25-15-24(12-11-21(25)2)33(36(4,5)35(42)43)28-13-14-31-34(22(28)3)38-39-40(31)6/h8-17,27,33H,7,18-20H2,1-6H3,(H,42,43)/t27-,33?/m1/s1. The third-order valence-electron chi connectivity index (χ3n) is 9.38. The van der Waals surface area contributed by atoms with Crippen molar-refractivity contribution in [1.82, 2.24) is 19.9 Å². The topological polar surface area (TPSA) is 80.5 Å². The minimum Gasteiger partial charge on any atom is -0.489 e. The zero-order valence-electron chi connectivity index (χ0n) is 26.2. The van der Waals surface area contributed by atoms with Gasteiger partial charge in [-0.25, -0.2) is 9.07 Å². The van der Waals surface area contributed by atoms with Crippen LogP contribution in [0.25, 0.3) is 21.8 Å². The van der Waals surface area contributed by atoms with E-state index in [-0.39, 0.29) is 11.9 Å². The van der Waals surface area contributed by atoms with Gasteiger partial charge in [-0.05, 0) is 91.6 Å². The SMILES string of the molecule is CC[C@@H]1CN(Cc2cc(C(c3ccc4c(nnn4C)c3C)C(C)(C)C(=O)O)ccc2C)Cc2cc3c(F)cccc3cc2O1. The van der Waals surface area contributed by atoms with E-state index in [9.17, 15) is 14.3 Å². The number of hydrogen-bond donors (Lipinski definition) is 1. The predicted octanol–water partition coefficient (Wildman–Crippen LogP) is 7.29. The third-order valence-corrected chi connectivity index (χ3v) is 9.38. The Labute approximate surface area is 257 Å². The monoisotopic (exact) mass is 594 g/mol. The molecule has 2 heterocycles. The molecular formula is C36H39FN4O3. The van der Waals surface area contributed by atoms with Crippen LogP contribution >= 0.6 is 0 Å². The summed E-state index contributed by atoms with van der Waals surface area (Å²) in [5.74, 6) is -0.716. The van der Waals surface area contributed by atoms with E-state index in [4.69, 9.17) is 4.74 Å². The number of aryl methyl sites for hydroxylation is 3. The Morgan fingerprint density at radius 1 is 1.14 bits per heavy atom. The summed E-state index contributed by atoms with van der Waals surface area (Å²) in [5, 5.41) is 20.4. The van der Waals surface area contributed by atoms with Gasteiger partial charge >= 0.3 is 5.97 Å². The highest BCUT2D eigenvalue weighted by atomic mass is 19.1. The maximum absolute atomic E-state index is 14.7. The highest BCUT2D eigenvalue weighted by Gasteiger charge is 2.40. The lowest BCUT2D eigenvalue weighted by Crippen LogP contribution is -2.33. The number of carboxylic acid groups (broad SMARTS) is 1. The van der Waals surface area contributed by atoms with Crippen LogP contribution in [0, 0.1) is 25.1 Å². The first kappa shape index (κ1) is 29.8. The van der Waals surface area contributed by atoms with Gasteiger partial charge in [0.05, 0.1) is 10.9 Å². The molecule has 0 radical (unpaired) electrons. The molecule has 4 aromatic carbocycles. The molecule has 0 bridgehead atoms. The number of benzene rings is 4. The molecule has 44 heavy (non-hydrogen) atoms. The lowest BCUT2D eigenvalue weighted by molar-refractivity contribution is -0.147. The number of aliphatic carboxylic acids is 1. The van der Waals surface area contributed by atoms with Crippen molar-refractivity contribution in [3.05, 3.63) is 99.9 Å². The second kappa shape index (κ2) is 11.3.